The number of unbranched alkanes of at least 4 members (excludes halogenated alkanes) is 20. The molecule has 2 unspecified atom stereocenters. The van der Waals surface area contributed by atoms with Crippen LogP contribution in [0, 0.1) is 0 Å². The summed E-state index contributed by atoms with van der Waals surface area (Å²) < 4.78 is 0.427. The number of nitrogens with zero attached hydrogens (tertiary/aromatic N) is 1. The van der Waals surface area contributed by atoms with Crippen molar-refractivity contribution in [3.63, 3.8) is 0 Å². The topological polar surface area (TPSA) is 60.4 Å². The van der Waals surface area contributed by atoms with Crippen LogP contribution in [0.15, 0.2) is 0 Å². The molecule has 0 saturated carbocycles. The Morgan fingerprint density at radius 2 is 0.921 bits per heavy atom. The lowest BCUT2D eigenvalue weighted by Gasteiger charge is -2.35. The summed E-state index contributed by atoms with van der Waals surface area (Å²) in [7, 11) is 6.53. The van der Waals surface area contributed by atoms with Crippen LogP contribution in [0.5, 0.6) is 0 Å². The van der Waals surface area contributed by atoms with Gasteiger partial charge in [-0.15, -0.1) is 5.48 Å². The standard InChI is InChI=1S/C33H66NO3P/c1-6-8-10-12-14-16-17-18-19-21-22-24-26-28-30(35)32(37)33(34(3,4)5)38-31(36)29-27-25-23-20-15-13-11-9-7-2/h32-33,37H,6-29H2,1-5H3. The van der Waals surface area contributed by atoms with E-state index >= 15 is 0 Å². The highest BCUT2D eigenvalue weighted by molar-refractivity contribution is 7.40. The Morgan fingerprint density at radius 3 is 1.26 bits per heavy atom. The molecule has 1 N–H and O–H groups in total. The maximum absolute atomic E-state index is 12.8. The van der Waals surface area contributed by atoms with Crippen molar-refractivity contribution < 1.29 is 19.5 Å². The first-order valence-corrected chi connectivity index (χ1v) is 17.5. The molecule has 0 aromatic carbocycles. The van der Waals surface area contributed by atoms with Crippen LogP contribution >= 0.6 is 8.20 Å². The van der Waals surface area contributed by atoms with Crippen molar-refractivity contribution in [1.82, 2.24) is 0 Å². The Labute approximate surface area is 239 Å². The second-order valence-electron chi connectivity index (χ2n) is 12.5. The van der Waals surface area contributed by atoms with Crippen LogP contribution in [0.3, 0.4) is 0 Å². The highest BCUT2D eigenvalue weighted by Crippen LogP contribution is 2.25. The largest absolute Gasteiger partial charge is 0.827 e. The second kappa shape index (κ2) is 25.7. The fourth-order valence-electron chi connectivity index (χ4n) is 5.10. The van der Waals surface area contributed by atoms with E-state index in [1.807, 2.05) is 21.1 Å². The van der Waals surface area contributed by atoms with Gasteiger partial charge >= 0.3 is 0 Å². The smallest absolute Gasteiger partial charge is 0.172 e. The predicted octanol–water partition coefficient (Wildman–Crippen LogP) is 8.79. The number of ketones is 1. The van der Waals surface area contributed by atoms with Gasteiger partial charge in [0.25, 0.3) is 0 Å². The number of quaternary nitrogens is 1. The molecule has 0 rings (SSSR count). The average Bonchev–Trinajstić information content (AvgIpc) is 2.87. The quantitative estimate of drug-likeness (QED) is 0.0596. The van der Waals surface area contributed by atoms with Crippen molar-refractivity contribution in [3.8, 4) is 0 Å². The molecule has 0 radical (unpaired) electrons. The first kappa shape index (κ1) is 37.7. The van der Waals surface area contributed by atoms with Crippen molar-refractivity contribution >= 4 is 19.5 Å². The average molecular weight is 556 g/mol. The Kier molecular flexibility index (Phi) is 25.5. The maximum atomic E-state index is 12.8. The Morgan fingerprint density at radius 1 is 0.605 bits per heavy atom. The Bertz CT molecular complexity index is 573. The monoisotopic (exact) mass is 555 g/mol. The third-order valence-electron chi connectivity index (χ3n) is 7.70. The van der Waals surface area contributed by atoms with Crippen LogP contribution in [0.1, 0.15) is 168 Å². The minimum Gasteiger partial charge on any atom is -0.827 e. The van der Waals surface area contributed by atoms with Crippen molar-refractivity contribution in [3.05, 3.63) is 0 Å². The highest BCUT2D eigenvalue weighted by Gasteiger charge is 2.34. The van der Waals surface area contributed by atoms with E-state index in [1.54, 1.807) is 0 Å². The number of rotatable bonds is 28. The number of aliphatic hydroxyl groups excluding tert-OH is 1. The molecule has 0 heterocycles. The number of carbonyl (C=O) groups excluding carboxylic acids is 1. The van der Waals surface area contributed by atoms with Crippen molar-refractivity contribution in [2.45, 2.75) is 180 Å². The first-order valence-electron chi connectivity index (χ1n) is 16.5. The van der Waals surface area contributed by atoms with Gasteiger partial charge in [0.05, 0.1) is 21.1 Å². The molecular weight excluding hydrogens is 489 g/mol. The third kappa shape index (κ3) is 22.5. The minimum atomic E-state index is -1.05. The molecule has 0 saturated heterocycles. The van der Waals surface area contributed by atoms with Gasteiger partial charge in [-0.25, -0.2) is 0 Å². The van der Waals surface area contributed by atoms with E-state index in [9.17, 15) is 15.0 Å². The van der Waals surface area contributed by atoms with E-state index in [0.717, 1.165) is 25.7 Å². The minimum absolute atomic E-state index is 0.0884. The summed E-state index contributed by atoms with van der Waals surface area (Å²) >= 11 is 0. The van der Waals surface area contributed by atoms with Gasteiger partial charge in [-0.05, 0) is 12.8 Å². The van der Waals surface area contributed by atoms with Gasteiger partial charge in [0.1, 0.15) is 0 Å². The predicted molar refractivity (Wildman–Crippen MR) is 167 cm³/mol. The lowest BCUT2D eigenvalue weighted by atomic mass is 10.0. The van der Waals surface area contributed by atoms with Crippen molar-refractivity contribution in [2.24, 2.45) is 0 Å². The van der Waals surface area contributed by atoms with E-state index in [4.69, 9.17) is 0 Å². The zero-order valence-corrected chi connectivity index (χ0v) is 27.2. The molecule has 0 aromatic rings. The number of likely N-dealkylation sites (N-methyl/N-ethyl adjacent to an activating group) is 1. The third-order valence-corrected chi connectivity index (χ3v) is 9.45. The molecule has 0 spiro atoms. The molecule has 4 nitrogen and oxygen atoms in total. The molecule has 226 valence electrons. The fraction of sp³-hybridized carbons (Fsp3) is 0.939. The highest BCUT2D eigenvalue weighted by atomic mass is 31.1. The van der Waals surface area contributed by atoms with Gasteiger partial charge in [0.15, 0.2) is 17.7 Å². The number of hydrogen-bond donors (Lipinski definition) is 1. The maximum Gasteiger partial charge on any atom is 0.172 e. The number of hydrogen-bond acceptors (Lipinski definition) is 3. The van der Waals surface area contributed by atoms with E-state index in [0.29, 0.717) is 25.5 Å². The van der Waals surface area contributed by atoms with Crippen LogP contribution in [0.25, 0.3) is 0 Å². The molecule has 0 aliphatic heterocycles. The van der Waals surface area contributed by atoms with Gasteiger partial charge in [0.2, 0.25) is 0 Å². The molecule has 5 heteroatoms. The molecule has 0 bridgehead atoms. The van der Waals surface area contributed by atoms with Crippen LogP contribution in [-0.2, 0) is 4.79 Å². The number of carbonyl (C=O) groups is 1. The molecule has 0 aliphatic rings. The second-order valence-corrected chi connectivity index (χ2v) is 13.8. The molecule has 0 aromatic heterocycles. The summed E-state index contributed by atoms with van der Waals surface area (Å²) in [5, 5.41) is 23.5. The number of aliphatic hydroxyl groups is 1. The summed E-state index contributed by atoms with van der Waals surface area (Å²) in [6, 6.07) is 0. The molecule has 0 fully saturated rings. The summed E-state index contributed by atoms with van der Waals surface area (Å²) in [5.74, 6) is -0.468. The van der Waals surface area contributed by atoms with Crippen LogP contribution in [-0.4, -0.2) is 53.9 Å². The van der Waals surface area contributed by atoms with E-state index in [1.165, 1.54) is 116 Å². The summed E-state index contributed by atoms with van der Waals surface area (Å²) in [4.78, 5) is 12.8. The van der Waals surface area contributed by atoms with Crippen molar-refractivity contribution in [1.29, 1.82) is 0 Å². The zero-order valence-electron chi connectivity index (χ0n) is 26.3. The zero-order chi connectivity index (χ0) is 28.5. The van der Waals surface area contributed by atoms with Gasteiger partial charge in [0, 0.05) is 6.42 Å². The van der Waals surface area contributed by atoms with Crippen LogP contribution in [0.2, 0.25) is 0 Å². The SMILES string of the molecule is CCCCCCCCCCCCCCCC(=O)C(O)C(P=C([O-])CCCCCCCCCCC)[N+](C)(C)C. The molecule has 0 aliphatic carbocycles. The van der Waals surface area contributed by atoms with Crippen molar-refractivity contribution in [2.75, 3.05) is 21.1 Å². The Balaban J connectivity index is 4.12. The van der Waals surface area contributed by atoms with Crippen LogP contribution in [0.4, 0.5) is 0 Å². The molecule has 38 heavy (non-hydrogen) atoms. The van der Waals surface area contributed by atoms with Gasteiger partial charge in [-0.3, -0.25) is 4.79 Å². The van der Waals surface area contributed by atoms with E-state index in [-0.39, 0.29) is 17.0 Å². The van der Waals surface area contributed by atoms with Gasteiger partial charge < -0.3 is 14.7 Å². The molecule has 0 amide bonds. The Hall–Kier alpha value is -0.280. The fourth-order valence-corrected chi connectivity index (χ4v) is 6.33. The summed E-state index contributed by atoms with van der Waals surface area (Å²) in [6.45, 7) is 4.51. The summed E-state index contributed by atoms with van der Waals surface area (Å²) in [5.41, 5.74) is 0.166. The van der Waals surface area contributed by atoms with Gasteiger partial charge in [-0.2, -0.15) is 0 Å². The van der Waals surface area contributed by atoms with Crippen LogP contribution < -0.4 is 5.11 Å². The number of Topliss-reactive ketones (excluding diaryl/α,β-unsaturated/α-hetero) is 1. The van der Waals surface area contributed by atoms with Gasteiger partial charge in [-0.1, -0.05) is 157 Å². The first-order chi connectivity index (χ1) is 18.2. The van der Waals surface area contributed by atoms with E-state index in [2.05, 4.69) is 13.8 Å². The normalized spacial score (nSPS) is 14.1. The molecular formula is C33H66NO3P. The summed E-state index contributed by atoms with van der Waals surface area (Å²) in [6.07, 6.45) is 27.6. The lowest BCUT2D eigenvalue weighted by Crippen LogP contribution is -2.51. The molecule has 2 atom stereocenters. The lowest BCUT2D eigenvalue weighted by molar-refractivity contribution is -0.883. The van der Waals surface area contributed by atoms with E-state index < -0.39 is 6.10 Å².